The summed E-state index contributed by atoms with van der Waals surface area (Å²) in [5, 5.41) is 8.95. The summed E-state index contributed by atoms with van der Waals surface area (Å²) in [6.07, 6.45) is 1.83. The smallest absolute Gasteiger partial charge is 0.271 e. The number of carbonyl (C=O) groups excluding carboxylic acids is 1. The minimum absolute atomic E-state index is 0.0209. The van der Waals surface area contributed by atoms with Crippen molar-refractivity contribution in [3.8, 4) is 0 Å². The number of nitrogens with zero attached hydrogens (tertiary/aromatic N) is 1. The van der Waals surface area contributed by atoms with Gasteiger partial charge in [0.2, 0.25) is 5.91 Å². The van der Waals surface area contributed by atoms with Crippen LogP contribution in [-0.4, -0.2) is 29.1 Å². The number of aliphatic hydroxyl groups excluding tert-OH is 1. The Morgan fingerprint density at radius 3 is 2.93 bits per heavy atom. The zero-order valence-electron chi connectivity index (χ0n) is 8.14. The summed E-state index contributed by atoms with van der Waals surface area (Å²) in [4.78, 5) is 26.9. The van der Waals surface area contributed by atoms with Crippen molar-refractivity contribution in [3.05, 3.63) is 28.7 Å². The third-order valence-electron chi connectivity index (χ3n) is 2.55. The van der Waals surface area contributed by atoms with Crippen LogP contribution in [0.25, 0.3) is 0 Å². The van der Waals surface area contributed by atoms with Gasteiger partial charge >= 0.3 is 0 Å². The molecule has 0 spiro atoms. The number of pyridine rings is 1. The van der Waals surface area contributed by atoms with Crippen LogP contribution in [0.2, 0.25) is 0 Å². The largest absolute Gasteiger partial charge is 0.396 e. The fourth-order valence-corrected chi connectivity index (χ4v) is 1.76. The first-order chi connectivity index (χ1) is 7.22. The Hall–Kier alpha value is -1.62. The van der Waals surface area contributed by atoms with E-state index in [1.165, 1.54) is 11.1 Å². The molecule has 15 heavy (non-hydrogen) atoms. The maximum absolute atomic E-state index is 11.6. The van der Waals surface area contributed by atoms with E-state index in [0.717, 1.165) is 0 Å². The molecule has 0 saturated carbocycles. The van der Waals surface area contributed by atoms with E-state index in [9.17, 15) is 9.59 Å². The van der Waals surface area contributed by atoms with E-state index in [-0.39, 0.29) is 24.0 Å². The third-order valence-corrected chi connectivity index (χ3v) is 2.55. The molecule has 1 saturated heterocycles. The van der Waals surface area contributed by atoms with Gasteiger partial charge in [0.1, 0.15) is 5.69 Å². The van der Waals surface area contributed by atoms with Crippen LogP contribution in [-0.2, 0) is 4.79 Å². The number of anilines is 1. The molecule has 0 aromatic carbocycles. The number of hydrogen-bond acceptors (Lipinski definition) is 3. The Labute approximate surface area is 86.3 Å². The van der Waals surface area contributed by atoms with E-state index in [2.05, 4.69) is 4.98 Å². The van der Waals surface area contributed by atoms with Gasteiger partial charge in [0.25, 0.3) is 5.56 Å². The predicted molar refractivity (Wildman–Crippen MR) is 54.6 cm³/mol. The molecule has 0 radical (unpaired) electrons. The summed E-state index contributed by atoms with van der Waals surface area (Å²) < 4.78 is 0. The van der Waals surface area contributed by atoms with E-state index >= 15 is 0 Å². The Kier molecular flexibility index (Phi) is 2.55. The molecule has 5 heteroatoms. The second kappa shape index (κ2) is 3.86. The Morgan fingerprint density at radius 2 is 2.33 bits per heavy atom. The first kappa shape index (κ1) is 9.92. The lowest BCUT2D eigenvalue weighted by Crippen LogP contribution is -2.30. The Bertz CT molecular complexity index is 427. The molecule has 2 N–H and O–H groups in total. The third kappa shape index (κ3) is 1.78. The molecule has 1 aliphatic heterocycles. The minimum Gasteiger partial charge on any atom is -0.396 e. The van der Waals surface area contributed by atoms with E-state index in [1.54, 1.807) is 12.1 Å². The summed E-state index contributed by atoms with van der Waals surface area (Å²) in [6, 6.07) is 3.28. The van der Waals surface area contributed by atoms with Gasteiger partial charge in [0.15, 0.2) is 0 Å². The lowest BCUT2D eigenvalue weighted by Gasteiger charge is -2.14. The lowest BCUT2D eigenvalue weighted by molar-refractivity contribution is -0.117. The number of aromatic amines is 1. The van der Waals surface area contributed by atoms with Crippen LogP contribution in [0, 0.1) is 5.92 Å². The average Bonchev–Trinajstić information content (AvgIpc) is 2.60. The highest BCUT2D eigenvalue weighted by Gasteiger charge is 2.31. The SMILES string of the molecule is O=C1CC(CO)CN1c1ccc[nH]c1=O. The first-order valence-electron chi connectivity index (χ1n) is 4.81. The standard InChI is InChI=1S/C10H12N2O3/c13-6-7-4-9(14)12(5-7)8-2-1-3-11-10(8)15/h1-3,7,13H,4-6H2,(H,11,15). The fourth-order valence-electron chi connectivity index (χ4n) is 1.76. The monoisotopic (exact) mass is 208 g/mol. The maximum Gasteiger partial charge on any atom is 0.271 e. The normalized spacial score (nSPS) is 21.0. The van der Waals surface area contributed by atoms with Crippen LogP contribution >= 0.6 is 0 Å². The topological polar surface area (TPSA) is 73.4 Å². The number of H-pyrrole nitrogens is 1. The molecule has 1 unspecified atom stereocenters. The molecule has 2 rings (SSSR count). The van der Waals surface area contributed by atoms with Crippen molar-refractivity contribution in [2.75, 3.05) is 18.1 Å². The Balaban J connectivity index is 2.29. The van der Waals surface area contributed by atoms with E-state index < -0.39 is 0 Å². The molecule has 2 heterocycles. The van der Waals surface area contributed by atoms with Crippen LogP contribution in [0.15, 0.2) is 23.1 Å². The molecule has 80 valence electrons. The number of carbonyl (C=O) groups is 1. The van der Waals surface area contributed by atoms with Crippen LogP contribution in [0.5, 0.6) is 0 Å². The van der Waals surface area contributed by atoms with Crippen molar-refractivity contribution in [2.45, 2.75) is 6.42 Å². The number of amides is 1. The molecule has 0 aliphatic carbocycles. The van der Waals surface area contributed by atoms with Crippen molar-refractivity contribution >= 4 is 11.6 Å². The van der Waals surface area contributed by atoms with Crippen molar-refractivity contribution in [1.29, 1.82) is 0 Å². The van der Waals surface area contributed by atoms with Gasteiger partial charge in [0.05, 0.1) is 0 Å². The number of hydrogen-bond donors (Lipinski definition) is 2. The number of aliphatic hydroxyl groups is 1. The van der Waals surface area contributed by atoms with Gasteiger partial charge in [-0.25, -0.2) is 0 Å². The molecule has 5 nitrogen and oxygen atoms in total. The highest BCUT2D eigenvalue weighted by Crippen LogP contribution is 2.21. The molecular weight excluding hydrogens is 196 g/mol. The van der Waals surface area contributed by atoms with E-state index in [1.807, 2.05) is 0 Å². The van der Waals surface area contributed by atoms with Gasteiger partial charge < -0.3 is 15.0 Å². The van der Waals surface area contributed by atoms with Gasteiger partial charge in [-0.2, -0.15) is 0 Å². The molecule has 1 atom stereocenters. The summed E-state index contributed by atoms with van der Waals surface area (Å²) in [5.74, 6) is -0.164. The first-order valence-corrected chi connectivity index (χ1v) is 4.81. The summed E-state index contributed by atoms with van der Waals surface area (Å²) in [7, 11) is 0. The van der Waals surface area contributed by atoms with Gasteiger partial charge in [-0.15, -0.1) is 0 Å². The minimum atomic E-state index is -0.274. The van der Waals surface area contributed by atoms with E-state index in [4.69, 9.17) is 5.11 Å². The molecule has 1 aliphatic rings. The lowest BCUT2D eigenvalue weighted by atomic mass is 10.1. The average molecular weight is 208 g/mol. The molecule has 1 fully saturated rings. The summed E-state index contributed by atoms with van der Waals surface area (Å²) in [5.41, 5.74) is 0.0860. The number of nitrogens with one attached hydrogen (secondary N) is 1. The van der Waals surface area contributed by atoms with Crippen LogP contribution in [0.1, 0.15) is 6.42 Å². The van der Waals surface area contributed by atoms with Crippen molar-refractivity contribution in [1.82, 2.24) is 4.98 Å². The molecule has 0 bridgehead atoms. The second-order valence-electron chi connectivity index (χ2n) is 3.64. The predicted octanol–water partition coefficient (Wildman–Crippen LogP) is -0.280. The quantitative estimate of drug-likeness (QED) is 0.702. The Morgan fingerprint density at radius 1 is 1.53 bits per heavy atom. The van der Waals surface area contributed by atoms with Gasteiger partial charge in [-0.3, -0.25) is 9.59 Å². The molecule has 1 aromatic rings. The zero-order chi connectivity index (χ0) is 10.8. The summed E-state index contributed by atoms with van der Waals surface area (Å²) in [6.45, 7) is 0.398. The molecular formula is C10H12N2O3. The van der Waals surface area contributed by atoms with Gasteiger partial charge in [0, 0.05) is 31.7 Å². The second-order valence-corrected chi connectivity index (χ2v) is 3.64. The molecule has 1 aromatic heterocycles. The van der Waals surface area contributed by atoms with Crippen LogP contribution in [0.3, 0.4) is 0 Å². The van der Waals surface area contributed by atoms with Gasteiger partial charge in [-0.05, 0) is 12.1 Å². The van der Waals surface area contributed by atoms with Gasteiger partial charge in [-0.1, -0.05) is 0 Å². The number of rotatable bonds is 2. The van der Waals surface area contributed by atoms with Crippen molar-refractivity contribution in [3.63, 3.8) is 0 Å². The number of aromatic nitrogens is 1. The van der Waals surface area contributed by atoms with Crippen LogP contribution in [0.4, 0.5) is 5.69 Å². The molecule has 1 amide bonds. The van der Waals surface area contributed by atoms with Crippen LogP contribution < -0.4 is 10.5 Å². The van der Waals surface area contributed by atoms with Crippen molar-refractivity contribution < 1.29 is 9.90 Å². The summed E-state index contributed by atoms with van der Waals surface area (Å²) >= 11 is 0. The highest BCUT2D eigenvalue weighted by molar-refractivity contribution is 5.95. The van der Waals surface area contributed by atoms with Crippen molar-refractivity contribution in [2.24, 2.45) is 5.92 Å². The zero-order valence-corrected chi connectivity index (χ0v) is 8.14. The fraction of sp³-hybridized carbons (Fsp3) is 0.400. The van der Waals surface area contributed by atoms with E-state index in [0.29, 0.717) is 18.7 Å². The maximum atomic E-state index is 11.6. The highest BCUT2D eigenvalue weighted by atomic mass is 16.3.